The van der Waals surface area contributed by atoms with E-state index in [-0.39, 0.29) is 5.91 Å². The molecule has 2 aliphatic heterocycles. The van der Waals surface area contributed by atoms with E-state index in [9.17, 15) is 4.79 Å². The summed E-state index contributed by atoms with van der Waals surface area (Å²) in [6, 6.07) is 10.0. The molecule has 0 unspecified atom stereocenters. The van der Waals surface area contributed by atoms with E-state index in [4.69, 9.17) is 14.5 Å². The van der Waals surface area contributed by atoms with E-state index in [0.717, 1.165) is 42.8 Å². The maximum Gasteiger partial charge on any atom is 0.222 e. The molecule has 1 amide bonds. The fraction of sp³-hybridized carbons (Fsp3) is 0.500. The summed E-state index contributed by atoms with van der Waals surface area (Å²) in [5, 5.41) is 0. The van der Waals surface area contributed by atoms with E-state index in [1.165, 1.54) is 5.56 Å². The minimum absolute atomic E-state index is 0.204. The molecule has 1 aromatic heterocycles. The summed E-state index contributed by atoms with van der Waals surface area (Å²) in [7, 11) is 1.67. The average molecular weight is 381 g/mol. The molecule has 0 N–H and O–H groups in total. The van der Waals surface area contributed by atoms with Crippen molar-refractivity contribution in [1.82, 2.24) is 14.9 Å². The highest BCUT2D eigenvalue weighted by atomic mass is 16.5. The lowest BCUT2D eigenvalue weighted by Gasteiger charge is -2.44. The monoisotopic (exact) mass is 381 g/mol. The molecular weight excluding hydrogens is 354 g/mol. The fourth-order valence-corrected chi connectivity index (χ4v) is 4.16. The van der Waals surface area contributed by atoms with Crippen LogP contribution in [-0.4, -0.2) is 54.2 Å². The van der Waals surface area contributed by atoms with Crippen LogP contribution < -0.4 is 0 Å². The molecule has 0 aliphatic carbocycles. The molecule has 0 radical (unpaired) electrons. The van der Waals surface area contributed by atoms with Crippen LogP contribution in [0.1, 0.15) is 36.9 Å². The second-order valence-corrected chi connectivity index (χ2v) is 7.50. The summed E-state index contributed by atoms with van der Waals surface area (Å²) < 4.78 is 11.4. The Morgan fingerprint density at radius 3 is 2.79 bits per heavy atom. The molecule has 4 rings (SSSR count). The van der Waals surface area contributed by atoms with Gasteiger partial charge in [-0.3, -0.25) is 4.79 Å². The van der Waals surface area contributed by atoms with Gasteiger partial charge in [-0.05, 0) is 31.2 Å². The van der Waals surface area contributed by atoms with Gasteiger partial charge in [0.25, 0.3) is 0 Å². The molecule has 3 heterocycles. The number of carbonyl (C=O) groups excluding carboxylic acids is 1. The number of rotatable bonds is 5. The maximum atomic E-state index is 12.4. The molecule has 6 heteroatoms. The van der Waals surface area contributed by atoms with Crippen molar-refractivity contribution in [3.8, 4) is 11.4 Å². The summed E-state index contributed by atoms with van der Waals surface area (Å²) in [5.41, 5.74) is 2.80. The molecule has 148 valence electrons. The van der Waals surface area contributed by atoms with E-state index in [0.29, 0.717) is 32.7 Å². The first-order chi connectivity index (χ1) is 13.7. The molecular formula is C22H27N3O3. The Balaban J connectivity index is 1.52. The van der Waals surface area contributed by atoms with E-state index in [2.05, 4.69) is 4.98 Å². The number of aromatic nitrogens is 2. The van der Waals surface area contributed by atoms with Crippen LogP contribution in [0.4, 0.5) is 0 Å². The number of nitrogens with zero attached hydrogens (tertiary/aromatic N) is 3. The number of ether oxygens (including phenoxy) is 2. The summed E-state index contributed by atoms with van der Waals surface area (Å²) in [5.74, 6) is 0.942. The van der Waals surface area contributed by atoms with E-state index in [1.807, 2.05) is 41.4 Å². The highest BCUT2D eigenvalue weighted by Gasteiger charge is 2.43. The van der Waals surface area contributed by atoms with Crippen LogP contribution in [0.5, 0.6) is 0 Å². The van der Waals surface area contributed by atoms with Crippen molar-refractivity contribution >= 4 is 5.91 Å². The Bertz CT molecular complexity index is 817. The van der Waals surface area contributed by atoms with Gasteiger partial charge in [0.1, 0.15) is 5.60 Å². The lowest BCUT2D eigenvalue weighted by atomic mass is 9.83. The minimum Gasteiger partial charge on any atom is -0.385 e. The number of methoxy groups -OCH3 is 1. The van der Waals surface area contributed by atoms with Crippen LogP contribution >= 0.6 is 0 Å². The molecule has 1 saturated heterocycles. The van der Waals surface area contributed by atoms with E-state index in [1.54, 1.807) is 7.11 Å². The Labute approximate surface area is 165 Å². The van der Waals surface area contributed by atoms with Crippen molar-refractivity contribution < 1.29 is 14.3 Å². The van der Waals surface area contributed by atoms with Gasteiger partial charge in [0.05, 0.1) is 12.3 Å². The van der Waals surface area contributed by atoms with Crippen LogP contribution in [-0.2, 0) is 26.3 Å². The highest BCUT2D eigenvalue weighted by molar-refractivity contribution is 5.76. The van der Waals surface area contributed by atoms with Gasteiger partial charge in [0.2, 0.25) is 5.91 Å². The van der Waals surface area contributed by atoms with Gasteiger partial charge in [-0.25, -0.2) is 9.97 Å². The van der Waals surface area contributed by atoms with Crippen molar-refractivity contribution in [2.24, 2.45) is 0 Å². The Hall–Kier alpha value is -2.31. The van der Waals surface area contributed by atoms with Gasteiger partial charge in [0.15, 0.2) is 5.82 Å². The zero-order valence-electron chi connectivity index (χ0n) is 16.4. The van der Waals surface area contributed by atoms with Crippen molar-refractivity contribution in [3.05, 3.63) is 47.8 Å². The molecule has 2 aromatic rings. The molecule has 2 aliphatic rings. The Morgan fingerprint density at radius 1 is 1.25 bits per heavy atom. The van der Waals surface area contributed by atoms with Crippen molar-refractivity contribution in [2.75, 3.05) is 33.4 Å². The topological polar surface area (TPSA) is 64.5 Å². The van der Waals surface area contributed by atoms with Crippen LogP contribution in [0, 0.1) is 0 Å². The minimum atomic E-state index is -0.399. The van der Waals surface area contributed by atoms with E-state index < -0.39 is 5.60 Å². The first-order valence-corrected chi connectivity index (χ1v) is 10.0. The average Bonchev–Trinajstić information content (AvgIpc) is 2.75. The standard InChI is InChI=1S/C22H27N3O3/c1-27-14-5-8-19(26)25-12-10-22(11-13-25)20-18(9-15-28-22)16-23-21(24-20)17-6-3-2-4-7-17/h2-4,6-7,16H,5,8-15H2,1H3. The third kappa shape index (κ3) is 3.80. The summed E-state index contributed by atoms with van der Waals surface area (Å²) >= 11 is 0. The number of benzene rings is 1. The highest BCUT2D eigenvalue weighted by Crippen LogP contribution is 2.41. The second-order valence-electron chi connectivity index (χ2n) is 7.50. The molecule has 1 fully saturated rings. The Kier molecular flexibility index (Phi) is 5.69. The summed E-state index contributed by atoms with van der Waals surface area (Å²) in [6.45, 7) is 2.72. The van der Waals surface area contributed by atoms with Gasteiger partial charge in [-0.1, -0.05) is 30.3 Å². The zero-order chi connectivity index (χ0) is 19.4. The fourth-order valence-electron chi connectivity index (χ4n) is 4.16. The lowest BCUT2D eigenvalue weighted by Crippen LogP contribution is -2.49. The Morgan fingerprint density at radius 2 is 2.04 bits per heavy atom. The molecule has 28 heavy (non-hydrogen) atoms. The molecule has 6 nitrogen and oxygen atoms in total. The largest absolute Gasteiger partial charge is 0.385 e. The first-order valence-electron chi connectivity index (χ1n) is 10.0. The second kappa shape index (κ2) is 8.37. The number of piperidine rings is 1. The zero-order valence-corrected chi connectivity index (χ0v) is 16.4. The molecule has 0 atom stereocenters. The number of fused-ring (bicyclic) bond motifs is 2. The van der Waals surface area contributed by atoms with Gasteiger partial charge in [-0.15, -0.1) is 0 Å². The van der Waals surface area contributed by atoms with Gasteiger partial charge < -0.3 is 14.4 Å². The smallest absolute Gasteiger partial charge is 0.222 e. The maximum absolute atomic E-state index is 12.4. The van der Waals surface area contributed by atoms with Gasteiger partial charge in [-0.2, -0.15) is 0 Å². The van der Waals surface area contributed by atoms with Gasteiger partial charge in [0, 0.05) is 45.0 Å². The quantitative estimate of drug-likeness (QED) is 0.745. The molecule has 1 aromatic carbocycles. The van der Waals surface area contributed by atoms with Crippen molar-refractivity contribution in [1.29, 1.82) is 0 Å². The SMILES string of the molecule is COCCCC(=O)N1CCC2(CC1)OCCc1cnc(-c3ccccc3)nc12. The summed E-state index contributed by atoms with van der Waals surface area (Å²) in [4.78, 5) is 23.9. The molecule has 0 bridgehead atoms. The number of carbonyl (C=O) groups is 1. The third-order valence-electron chi connectivity index (χ3n) is 5.74. The summed E-state index contributed by atoms with van der Waals surface area (Å²) in [6.07, 6.45) is 5.66. The predicted octanol–water partition coefficient (Wildman–Crippen LogP) is 2.96. The third-order valence-corrected chi connectivity index (χ3v) is 5.74. The van der Waals surface area contributed by atoms with Gasteiger partial charge >= 0.3 is 0 Å². The number of hydrogen-bond donors (Lipinski definition) is 0. The van der Waals surface area contributed by atoms with Crippen LogP contribution in [0.2, 0.25) is 0 Å². The normalized spacial score (nSPS) is 18.1. The number of likely N-dealkylation sites (tertiary alicyclic amines) is 1. The predicted molar refractivity (Wildman–Crippen MR) is 106 cm³/mol. The van der Waals surface area contributed by atoms with Crippen LogP contribution in [0.3, 0.4) is 0 Å². The van der Waals surface area contributed by atoms with Crippen molar-refractivity contribution in [3.63, 3.8) is 0 Å². The lowest BCUT2D eigenvalue weighted by molar-refractivity contribution is -0.141. The first kappa shape index (κ1) is 19.0. The molecule has 1 spiro atoms. The molecule has 0 saturated carbocycles. The number of hydrogen-bond acceptors (Lipinski definition) is 5. The van der Waals surface area contributed by atoms with E-state index >= 15 is 0 Å². The van der Waals surface area contributed by atoms with Crippen molar-refractivity contribution in [2.45, 2.75) is 37.7 Å². The van der Waals surface area contributed by atoms with Crippen LogP contribution in [0.15, 0.2) is 36.5 Å². The number of amides is 1. The van der Waals surface area contributed by atoms with Crippen LogP contribution in [0.25, 0.3) is 11.4 Å².